The highest BCUT2D eigenvalue weighted by molar-refractivity contribution is 7.88. The third-order valence-corrected chi connectivity index (χ3v) is 5.75. The van der Waals surface area contributed by atoms with Gasteiger partial charge in [0, 0.05) is 24.2 Å². The van der Waals surface area contributed by atoms with E-state index in [4.69, 9.17) is 11.6 Å². The van der Waals surface area contributed by atoms with Crippen molar-refractivity contribution in [2.24, 2.45) is 0 Å². The van der Waals surface area contributed by atoms with E-state index in [1.165, 1.54) is 0 Å². The molecule has 1 aromatic carbocycles. The van der Waals surface area contributed by atoms with Crippen molar-refractivity contribution in [1.82, 2.24) is 9.62 Å². The van der Waals surface area contributed by atoms with Gasteiger partial charge < -0.3 is 5.32 Å². The maximum atomic E-state index is 12.3. The lowest BCUT2D eigenvalue weighted by Crippen LogP contribution is -2.44. The summed E-state index contributed by atoms with van der Waals surface area (Å²) in [7, 11) is -1.35. The fourth-order valence-corrected chi connectivity index (χ4v) is 4.20. The minimum Gasteiger partial charge on any atom is -0.317 e. The van der Waals surface area contributed by atoms with Gasteiger partial charge in [0.2, 0.25) is 10.0 Å². The molecule has 1 aromatic rings. The van der Waals surface area contributed by atoms with Crippen molar-refractivity contribution >= 4 is 21.6 Å². The summed E-state index contributed by atoms with van der Waals surface area (Å²) in [5.74, 6) is -0.0170. The number of sulfonamides is 1. The molecule has 1 fully saturated rings. The van der Waals surface area contributed by atoms with Gasteiger partial charge in [-0.15, -0.1) is 0 Å². The first-order chi connectivity index (χ1) is 9.03. The predicted octanol–water partition coefficient (Wildman–Crippen LogP) is 1.85. The number of halogens is 1. The number of nitrogens with zero attached hydrogens (tertiary/aromatic N) is 1. The van der Waals surface area contributed by atoms with Crippen molar-refractivity contribution < 1.29 is 8.42 Å². The molecule has 0 unspecified atom stereocenters. The Morgan fingerprint density at radius 3 is 2.53 bits per heavy atom. The van der Waals surface area contributed by atoms with Gasteiger partial charge in [0.15, 0.2) is 0 Å². The molecule has 2 rings (SSSR count). The summed E-state index contributed by atoms with van der Waals surface area (Å²) in [6.07, 6.45) is 1.72. The Kier molecular flexibility index (Phi) is 4.84. The van der Waals surface area contributed by atoms with E-state index in [-0.39, 0.29) is 5.75 Å². The monoisotopic (exact) mass is 302 g/mol. The number of rotatable bonds is 4. The van der Waals surface area contributed by atoms with E-state index in [2.05, 4.69) is 5.32 Å². The summed E-state index contributed by atoms with van der Waals surface area (Å²) < 4.78 is 26.3. The number of piperidine rings is 1. The zero-order valence-corrected chi connectivity index (χ0v) is 12.5. The van der Waals surface area contributed by atoms with Crippen LogP contribution in [0.25, 0.3) is 0 Å². The Hall–Kier alpha value is -0.620. The topological polar surface area (TPSA) is 49.4 Å². The summed E-state index contributed by atoms with van der Waals surface area (Å²) in [6.45, 7) is 1.16. The molecule has 1 aliphatic rings. The molecule has 4 nitrogen and oxygen atoms in total. The predicted molar refractivity (Wildman–Crippen MR) is 77.7 cm³/mol. The van der Waals surface area contributed by atoms with E-state index in [1.807, 2.05) is 13.1 Å². The first-order valence-electron chi connectivity index (χ1n) is 6.41. The lowest BCUT2D eigenvalue weighted by atomic mass is 10.1. The molecule has 1 N–H and O–H groups in total. The quantitative estimate of drug-likeness (QED) is 0.923. The van der Waals surface area contributed by atoms with Gasteiger partial charge in [0.05, 0.1) is 5.75 Å². The van der Waals surface area contributed by atoms with Crippen LogP contribution in [0, 0.1) is 0 Å². The maximum Gasteiger partial charge on any atom is 0.218 e. The van der Waals surface area contributed by atoms with Crippen LogP contribution in [0.2, 0.25) is 5.02 Å². The van der Waals surface area contributed by atoms with Gasteiger partial charge >= 0.3 is 0 Å². The van der Waals surface area contributed by atoms with E-state index >= 15 is 0 Å². The molecular formula is C13H19ClN2O2S. The Balaban J connectivity index is 2.05. The third kappa shape index (κ3) is 3.69. The molecule has 6 heteroatoms. The molecule has 0 amide bonds. The second kappa shape index (κ2) is 6.22. The van der Waals surface area contributed by atoms with Gasteiger partial charge in [0.25, 0.3) is 0 Å². The third-order valence-electron chi connectivity index (χ3n) is 3.55. The molecule has 0 bridgehead atoms. The SMILES string of the molecule is CNC1CCN(S(=O)(=O)Cc2ccccc2Cl)CC1. The first kappa shape index (κ1) is 14.8. The van der Waals surface area contributed by atoms with Crippen molar-refractivity contribution in [2.75, 3.05) is 20.1 Å². The van der Waals surface area contributed by atoms with Gasteiger partial charge in [0.1, 0.15) is 0 Å². The summed E-state index contributed by atoms with van der Waals surface area (Å²) in [6, 6.07) is 7.52. The number of hydrogen-bond acceptors (Lipinski definition) is 3. The van der Waals surface area contributed by atoms with E-state index in [1.54, 1.807) is 22.5 Å². The van der Waals surface area contributed by atoms with Crippen LogP contribution in [-0.4, -0.2) is 38.9 Å². The van der Waals surface area contributed by atoms with E-state index in [0.29, 0.717) is 29.7 Å². The maximum absolute atomic E-state index is 12.3. The molecule has 0 atom stereocenters. The minimum atomic E-state index is -3.27. The Morgan fingerprint density at radius 2 is 1.95 bits per heavy atom. The summed E-state index contributed by atoms with van der Waals surface area (Å²) in [5.41, 5.74) is 0.667. The molecule has 0 aromatic heterocycles. The average molecular weight is 303 g/mol. The van der Waals surface area contributed by atoms with Crippen LogP contribution >= 0.6 is 11.6 Å². The molecule has 1 heterocycles. The lowest BCUT2D eigenvalue weighted by molar-refractivity contribution is 0.298. The summed E-state index contributed by atoms with van der Waals surface area (Å²) >= 11 is 6.02. The molecular weight excluding hydrogens is 284 g/mol. The highest BCUT2D eigenvalue weighted by atomic mass is 35.5. The molecule has 106 valence electrons. The van der Waals surface area contributed by atoms with Crippen LogP contribution in [0.15, 0.2) is 24.3 Å². The molecule has 0 aliphatic carbocycles. The molecule has 0 radical (unpaired) electrons. The van der Waals surface area contributed by atoms with Crippen LogP contribution in [-0.2, 0) is 15.8 Å². The smallest absolute Gasteiger partial charge is 0.218 e. The lowest BCUT2D eigenvalue weighted by Gasteiger charge is -2.31. The number of nitrogens with one attached hydrogen (secondary N) is 1. The van der Waals surface area contributed by atoms with Crippen molar-refractivity contribution in [3.63, 3.8) is 0 Å². The van der Waals surface area contributed by atoms with Crippen LogP contribution in [0.5, 0.6) is 0 Å². The Bertz CT molecular complexity index is 525. The van der Waals surface area contributed by atoms with E-state index in [0.717, 1.165) is 12.8 Å². The van der Waals surface area contributed by atoms with Gasteiger partial charge in [-0.1, -0.05) is 29.8 Å². The van der Waals surface area contributed by atoms with Crippen molar-refractivity contribution in [3.8, 4) is 0 Å². The fourth-order valence-electron chi connectivity index (χ4n) is 2.33. The minimum absolute atomic E-state index is 0.0170. The van der Waals surface area contributed by atoms with Gasteiger partial charge in [-0.2, -0.15) is 0 Å². The second-order valence-electron chi connectivity index (χ2n) is 4.81. The Labute approximate surface area is 119 Å². The zero-order chi connectivity index (χ0) is 13.9. The van der Waals surface area contributed by atoms with Gasteiger partial charge in [-0.25, -0.2) is 12.7 Å². The van der Waals surface area contributed by atoms with Crippen LogP contribution in [0.3, 0.4) is 0 Å². The van der Waals surface area contributed by atoms with Crippen molar-refractivity contribution in [3.05, 3.63) is 34.9 Å². The van der Waals surface area contributed by atoms with E-state index < -0.39 is 10.0 Å². The standard InChI is InChI=1S/C13H19ClN2O2S/c1-15-12-6-8-16(9-7-12)19(17,18)10-11-4-2-3-5-13(11)14/h2-5,12,15H,6-10H2,1H3. The Morgan fingerprint density at radius 1 is 1.32 bits per heavy atom. The van der Waals surface area contributed by atoms with Gasteiger partial charge in [-0.05, 0) is 31.5 Å². The van der Waals surface area contributed by atoms with E-state index in [9.17, 15) is 8.42 Å². The second-order valence-corrected chi connectivity index (χ2v) is 7.19. The highest BCUT2D eigenvalue weighted by Crippen LogP contribution is 2.21. The molecule has 0 saturated carbocycles. The van der Waals surface area contributed by atoms with Crippen LogP contribution in [0.1, 0.15) is 18.4 Å². The largest absolute Gasteiger partial charge is 0.317 e. The normalized spacial score (nSPS) is 18.6. The van der Waals surface area contributed by atoms with Crippen LogP contribution < -0.4 is 5.32 Å². The number of benzene rings is 1. The highest BCUT2D eigenvalue weighted by Gasteiger charge is 2.27. The van der Waals surface area contributed by atoms with Crippen molar-refractivity contribution in [1.29, 1.82) is 0 Å². The summed E-state index contributed by atoms with van der Waals surface area (Å²) in [5, 5.41) is 3.70. The molecule has 1 aliphatic heterocycles. The molecule has 19 heavy (non-hydrogen) atoms. The molecule has 1 saturated heterocycles. The van der Waals surface area contributed by atoms with Crippen LogP contribution in [0.4, 0.5) is 0 Å². The van der Waals surface area contributed by atoms with Crippen molar-refractivity contribution in [2.45, 2.75) is 24.6 Å². The van der Waals surface area contributed by atoms with Gasteiger partial charge in [-0.3, -0.25) is 0 Å². The zero-order valence-electron chi connectivity index (χ0n) is 11.0. The average Bonchev–Trinajstić information content (AvgIpc) is 2.41. The molecule has 0 spiro atoms. The first-order valence-corrected chi connectivity index (χ1v) is 8.40. The fraction of sp³-hybridized carbons (Fsp3) is 0.538. The summed E-state index contributed by atoms with van der Waals surface area (Å²) in [4.78, 5) is 0. The number of hydrogen-bond donors (Lipinski definition) is 1.